The Hall–Kier alpha value is -1.32. The van der Waals surface area contributed by atoms with Gasteiger partial charge in [0.25, 0.3) is 6.01 Å². The lowest BCUT2D eigenvalue weighted by Crippen LogP contribution is -1.94. The smallest absolute Gasteiger partial charge is 0.449 e. The monoisotopic (exact) mass is 134 g/mol. The first-order valence-corrected chi connectivity index (χ1v) is 1.88. The van der Waals surface area contributed by atoms with Gasteiger partial charge in [0.2, 0.25) is 0 Å². The highest BCUT2D eigenvalue weighted by Gasteiger charge is 1.95. The summed E-state index contributed by atoms with van der Waals surface area (Å²) in [5, 5.41) is 7.56. The van der Waals surface area contributed by atoms with E-state index in [1.165, 1.54) is 0 Å². The van der Waals surface area contributed by atoms with Crippen molar-refractivity contribution in [3.05, 3.63) is 25.7 Å². The highest BCUT2D eigenvalue weighted by Crippen LogP contribution is 1.91. The van der Waals surface area contributed by atoms with Gasteiger partial charge in [-0.05, 0) is 6.58 Å². The minimum Gasteiger partial charge on any atom is -0.449 e. The van der Waals surface area contributed by atoms with Crippen LogP contribution in [-0.4, -0.2) is 11.3 Å². The van der Waals surface area contributed by atoms with Gasteiger partial charge in [0, 0.05) is 0 Å². The first-order valence-electron chi connectivity index (χ1n) is 1.88. The maximum Gasteiger partial charge on any atom is 0.513 e. The maximum absolute atomic E-state index is 11.2. The Labute approximate surface area is 52.1 Å². The molecule has 0 unspecified atom stereocenters. The highest BCUT2D eigenvalue weighted by atomic mass is 19.1. The second-order valence-electron chi connectivity index (χ2n) is 0.723. The average molecular weight is 134 g/mol. The van der Waals surface area contributed by atoms with Crippen molar-refractivity contribution in [3.8, 4) is 0 Å². The van der Waals surface area contributed by atoms with E-state index in [0.717, 1.165) is 0 Å². The Morgan fingerprint density at radius 3 is 1.89 bits per heavy atom. The number of ether oxygens (including phenoxy) is 1. The Morgan fingerprint density at radius 2 is 1.89 bits per heavy atom. The van der Waals surface area contributed by atoms with Crippen LogP contribution < -0.4 is 0 Å². The fourth-order valence-corrected chi connectivity index (χ4v) is 0.0947. The SMILES string of the molecule is C=C.C=C(F)OC(=O)O. The Kier molecular flexibility index (Phi) is 7.88. The van der Waals surface area contributed by atoms with Crippen LogP contribution >= 0.6 is 0 Å². The van der Waals surface area contributed by atoms with E-state index in [1.807, 2.05) is 0 Å². The first kappa shape index (κ1) is 10.6. The largest absolute Gasteiger partial charge is 0.513 e. The molecule has 0 amide bonds. The second-order valence-corrected chi connectivity index (χ2v) is 0.723. The predicted molar refractivity (Wildman–Crippen MR) is 30.6 cm³/mol. The van der Waals surface area contributed by atoms with E-state index in [-0.39, 0.29) is 0 Å². The van der Waals surface area contributed by atoms with Crippen LogP contribution in [0.25, 0.3) is 0 Å². The zero-order valence-electron chi connectivity index (χ0n) is 4.76. The molecule has 0 bridgehead atoms. The number of rotatable bonds is 1. The molecule has 0 radical (unpaired) electrons. The summed E-state index contributed by atoms with van der Waals surface area (Å²) in [6, 6.07) is -1.31. The molecule has 3 nitrogen and oxygen atoms in total. The normalized spacial score (nSPS) is 6.33. The molecule has 52 valence electrons. The molecule has 0 saturated carbocycles. The van der Waals surface area contributed by atoms with Crippen LogP contribution in [0.5, 0.6) is 0 Å². The van der Waals surface area contributed by atoms with E-state index >= 15 is 0 Å². The molecule has 0 rings (SSSR count). The molecule has 1 N–H and O–H groups in total. The molecule has 0 saturated heterocycles. The maximum atomic E-state index is 11.2. The highest BCUT2D eigenvalue weighted by molar-refractivity contribution is 5.57. The van der Waals surface area contributed by atoms with Gasteiger partial charge in [0.1, 0.15) is 0 Å². The lowest BCUT2D eigenvalue weighted by molar-refractivity contribution is 0.0990. The van der Waals surface area contributed by atoms with Gasteiger partial charge in [-0.3, -0.25) is 0 Å². The molecule has 0 heterocycles. The quantitative estimate of drug-likeness (QED) is 0.338. The summed E-state index contributed by atoms with van der Waals surface area (Å²) >= 11 is 0. The van der Waals surface area contributed by atoms with Gasteiger partial charge >= 0.3 is 6.16 Å². The van der Waals surface area contributed by atoms with Gasteiger partial charge in [0.05, 0.1) is 0 Å². The number of carboxylic acid groups (broad SMARTS) is 1. The lowest BCUT2D eigenvalue weighted by Gasteiger charge is -1.87. The van der Waals surface area contributed by atoms with Crippen molar-refractivity contribution in [3.63, 3.8) is 0 Å². The van der Waals surface area contributed by atoms with E-state index < -0.39 is 12.2 Å². The van der Waals surface area contributed by atoms with E-state index in [1.54, 1.807) is 0 Å². The standard InChI is InChI=1S/C3H3FO3.C2H4/c1-2(4)7-3(5)6;1-2/h1H2,(H,5,6);1-2H2. The van der Waals surface area contributed by atoms with Crippen LogP contribution in [0, 0.1) is 0 Å². The molecular weight excluding hydrogens is 127 g/mol. The van der Waals surface area contributed by atoms with Gasteiger partial charge in [-0.1, -0.05) is 0 Å². The summed E-state index contributed by atoms with van der Waals surface area (Å²) in [7, 11) is 0. The zero-order chi connectivity index (χ0) is 7.86. The molecule has 9 heavy (non-hydrogen) atoms. The molecular formula is C5H7FO3. The topological polar surface area (TPSA) is 46.5 Å². The van der Waals surface area contributed by atoms with Crippen LogP contribution in [0.2, 0.25) is 0 Å². The van der Waals surface area contributed by atoms with Gasteiger partial charge in [-0.2, -0.15) is 4.39 Å². The Balaban J connectivity index is 0. The average Bonchev–Trinajstić information content (AvgIpc) is 1.68. The minimum absolute atomic E-state index is 1.31. The van der Waals surface area contributed by atoms with E-state index in [9.17, 15) is 9.18 Å². The van der Waals surface area contributed by atoms with Gasteiger partial charge in [-0.25, -0.2) is 4.79 Å². The third-order valence-electron chi connectivity index (χ3n) is 0.198. The number of hydrogen-bond acceptors (Lipinski definition) is 2. The third kappa shape index (κ3) is 20.4. The molecule has 4 heteroatoms. The number of hydrogen-bond donors (Lipinski definition) is 1. The van der Waals surface area contributed by atoms with E-state index in [2.05, 4.69) is 24.5 Å². The summed E-state index contributed by atoms with van der Waals surface area (Å²) in [5.41, 5.74) is 0. The molecule has 0 fully saturated rings. The van der Waals surface area contributed by atoms with Crippen molar-refractivity contribution >= 4 is 6.16 Å². The predicted octanol–water partition coefficient (Wildman–Crippen LogP) is 1.92. The summed E-state index contributed by atoms with van der Waals surface area (Å²) < 4.78 is 14.5. The fourth-order valence-electron chi connectivity index (χ4n) is 0.0947. The molecule has 0 spiro atoms. The Bertz CT molecular complexity index is 98.8. The lowest BCUT2D eigenvalue weighted by atomic mass is 11.1. The molecule has 0 atom stereocenters. The summed E-state index contributed by atoms with van der Waals surface area (Å²) in [4.78, 5) is 9.29. The number of carbonyl (C=O) groups is 1. The molecule has 0 aliphatic heterocycles. The van der Waals surface area contributed by atoms with Crippen molar-refractivity contribution in [2.24, 2.45) is 0 Å². The Morgan fingerprint density at radius 1 is 1.56 bits per heavy atom. The molecule has 0 aliphatic carbocycles. The van der Waals surface area contributed by atoms with Crippen LogP contribution in [0.15, 0.2) is 25.7 Å². The van der Waals surface area contributed by atoms with Crippen molar-refractivity contribution in [1.29, 1.82) is 0 Å². The van der Waals surface area contributed by atoms with E-state index in [0.29, 0.717) is 0 Å². The van der Waals surface area contributed by atoms with Crippen LogP contribution in [0.1, 0.15) is 0 Å². The molecule has 0 aromatic heterocycles. The van der Waals surface area contributed by atoms with Crippen LogP contribution in [0.3, 0.4) is 0 Å². The van der Waals surface area contributed by atoms with Gasteiger partial charge < -0.3 is 9.84 Å². The zero-order valence-corrected chi connectivity index (χ0v) is 4.76. The molecule has 0 aromatic rings. The van der Waals surface area contributed by atoms with E-state index in [4.69, 9.17) is 5.11 Å². The fraction of sp³-hybridized carbons (Fsp3) is 0. The number of halogens is 1. The second kappa shape index (κ2) is 6.68. The van der Waals surface area contributed by atoms with Crippen LogP contribution in [-0.2, 0) is 4.74 Å². The van der Waals surface area contributed by atoms with Gasteiger partial charge in [-0.15, -0.1) is 13.2 Å². The third-order valence-corrected chi connectivity index (χ3v) is 0.198. The summed E-state index contributed by atoms with van der Waals surface area (Å²) in [6.45, 7) is 8.53. The first-order chi connectivity index (χ1) is 4.13. The van der Waals surface area contributed by atoms with Crippen molar-refractivity contribution in [1.82, 2.24) is 0 Å². The molecule has 0 aliphatic rings. The summed E-state index contributed by atoms with van der Waals surface area (Å²) in [5.74, 6) is 0. The van der Waals surface area contributed by atoms with Crippen molar-refractivity contribution in [2.75, 3.05) is 0 Å². The van der Waals surface area contributed by atoms with Crippen LogP contribution in [0.4, 0.5) is 9.18 Å². The van der Waals surface area contributed by atoms with Crippen molar-refractivity contribution in [2.45, 2.75) is 0 Å². The van der Waals surface area contributed by atoms with Gasteiger partial charge in [0.15, 0.2) is 0 Å². The minimum atomic E-state index is -1.69. The van der Waals surface area contributed by atoms with Crippen molar-refractivity contribution < 1.29 is 19.0 Å². The molecule has 0 aromatic carbocycles. The summed E-state index contributed by atoms with van der Waals surface area (Å²) in [6.07, 6.45) is -1.69.